The molecule has 4 nitrogen and oxygen atoms in total. The number of rotatable bonds is 5. The van der Waals surface area contributed by atoms with Gasteiger partial charge >= 0.3 is 0 Å². The second-order valence-corrected chi connectivity index (χ2v) is 10.7. The Kier molecular flexibility index (Phi) is 6.41. The fourth-order valence-corrected chi connectivity index (χ4v) is 6.66. The minimum atomic E-state index is -0.0323. The van der Waals surface area contributed by atoms with Crippen LogP contribution in [-0.2, 0) is 12.8 Å². The maximum Gasteiger partial charge on any atom is 0.267 e. The highest BCUT2D eigenvalue weighted by molar-refractivity contribution is 7.99. The Morgan fingerprint density at radius 1 is 1.09 bits per heavy atom. The first kappa shape index (κ1) is 22.4. The monoisotopic (exact) mass is 494 g/mol. The highest BCUT2D eigenvalue weighted by Gasteiger charge is 2.23. The number of carbonyl (C=O) groups excluding carboxylic acids is 1. The lowest BCUT2D eigenvalue weighted by atomic mass is 10.1. The molecule has 1 aliphatic carbocycles. The first-order valence-electron chi connectivity index (χ1n) is 11.1. The van der Waals surface area contributed by atoms with Gasteiger partial charge in [-0.05, 0) is 74.1 Å². The van der Waals surface area contributed by atoms with Gasteiger partial charge in [-0.3, -0.25) is 14.2 Å². The lowest BCUT2D eigenvalue weighted by Crippen LogP contribution is -2.23. The quantitative estimate of drug-likeness (QED) is 0.135. The summed E-state index contributed by atoms with van der Waals surface area (Å²) < 4.78 is 1.70. The molecule has 0 aliphatic heterocycles. The van der Waals surface area contributed by atoms with E-state index in [9.17, 15) is 9.59 Å². The molecule has 0 radical (unpaired) electrons. The maximum absolute atomic E-state index is 13.9. The summed E-state index contributed by atoms with van der Waals surface area (Å²) in [5.74, 6) is 0.167. The summed E-state index contributed by atoms with van der Waals surface area (Å²) in [6, 6.07) is 14.7. The maximum atomic E-state index is 13.9. The van der Waals surface area contributed by atoms with Crippen molar-refractivity contribution in [3.63, 3.8) is 0 Å². The van der Waals surface area contributed by atoms with E-state index in [0.29, 0.717) is 15.7 Å². The summed E-state index contributed by atoms with van der Waals surface area (Å²) in [7, 11) is 0. The number of halogens is 1. The Balaban J connectivity index is 1.61. The molecule has 168 valence electrons. The fraction of sp³-hybridized carbons (Fsp3) is 0.269. The number of para-hydroxylation sites is 1. The van der Waals surface area contributed by atoms with Gasteiger partial charge in [-0.25, -0.2) is 4.98 Å². The van der Waals surface area contributed by atoms with Crippen LogP contribution in [0.15, 0.2) is 58.5 Å². The Morgan fingerprint density at radius 2 is 1.85 bits per heavy atom. The highest BCUT2D eigenvalue weighted by Crippen LogP contribution is 2.35. The number of thiophene rings is 1. The lowest BCUT2D eigenvalue weighted by Gasteiger charge is -2.14. The van der Waals surface area contributed by atoms with E-state index in [1.54, 1.807) is 40.2 Å². The largest absolute Gasteiger partial charge is 0.293 e. The third-order valence-electron chi connectivity index (χ3n) is 6.06. The van der Waals surface area contributed by atoms with Gasteiger partial charge in [0.05, 0.1) is 16.8 Å². The second-order valence-electron chi connectivity index (χ2n) is 8.28. The topological polar surface area (TPSA) is 52.0 Å². The Hall–Kier alpha value is -2.41. The lowest BCUT2D eigenvalue weighted by molar-refractivity contribution is 0.102. The molecule has 4 aromatic rings. The van der Waals surface area contributed by atoms with Crippen LogP contribution in [0.1, 0.15) is 45.6 Å². The molecule has 0 spiro atoms. The number of aryl methyl sites for hydroxylation is 3. The van der Waals surface area contributed by atoms with Crippen LogP contribution < -0.4 is 5.56 Å². The molecule has 0 N–H and O–H groups in total. The zero-order valence-corrected chi connectivity index (χ0v) is 20.7. The summed E-state index contributed by atoms with van der Waals surface area (Å²) in [5.41, 5.74) is 3.55. The van der Waals surface area contributed by atoms with E-state index in [1.807, 2.05) is 31.2 Å². The van der Waals surface area contributed by atoms with E-state index < -0.39 is 0 Å². The number of thioether (sulfide) groups is 1. The molecule has 0 saturated carbocycles. The van der Waals surface area contributed by atoms with Crippen molar-refractivity contribution in [3.8, 4) is 5.69 Å². The Labute approximate surface area is 205 Å². The van der Waals surface area contributed by atoms with Crippen molar-refractivity contribution in [3.05, 3.63) is 85.5 Å². The highest BCUT2D eigenvalue weighted by atomic mass is 35.5. The molecular weight excluding hydrogens is 472 g/mol. The molecule has 0 fully saturated rings. The summed E-state index contributed by atoms with van der Waals surface area (Å²) in [6.07, 6.45) is 5.40. The normalized spacial score (nSPS) is 13.6. The van der Waals surface area contributed by atoms with E-state index in [-0.39, 0.29) is 17.1 Å². The number of carbonyl (C=O) groups is 1. The predicted molar refractivity (Wildman–Crippen MR) is 138 cm³/mol. The first-order valence-corrected chi connectivity index (χ1v) is 13.3. The van der Waals surface area contributed by atoms with E-state index in [2.05, 4.69) is 0 Å². The van der Waals surface area contributed by atoms with Crippen molar-refractivity contribution >= 4 is 50.7 Å². The minimum absolute atomic E-state index is 0.0238. The van der Waals surface area contributed by atoms with E-state index in [0.717, 1.165) is 47.2 Å². The molecule has 2 aromatic heterocycles. The number of aromatic nitrogens is 2. The molecule has 2 aromatic carbocycles. The standard InChI is InChI=1S/C26H23ClN2O2S2/c1-16-7-5-6-9-20(16)29-25(31)23-19-8-3-2-4-10-22(19)33-24(23)28-26(29)32-15-21(30)17-11-13-18(27)14-12-17/h5-7,9,11-14H,2-4,8,10,15H2,1H3. The summed E-state index contributed by atoms with van der Waals surface area (Å²) in [5, 5.41) is 1.91. The average Bonchev–Trinajstić information content (AvgIpc) is 3.00. The van der Waals surface area contributed by atoms with Crippen molar-refractivity contribution in [2.45, 2.75) is 44.2 Å². The van der Waals surface area contributed by atoms with Gasteiger partial charge in [0, 0.05) is 15.5 Å². The van der Waals surface area contributed by atoms with E-state index in [1.165, 1.54) is 28.6 Å². The molecule has 0 unspecified atom stereocenters. The van der Waals surface area contributed by atoms with Gasteiger partial charge in [-0.1, -0.05) is 48.0 Å². The van der Waals surface area contributed by atoms with Crippen molar-refractivity contribution < 1.29 is 4.79 Å². The van der Waals surface area contributed by atoms with Crippen LogP contribution in [0.3, 0.4) is 0 Å². The second kappa shape index (κ2) is 9.45. The number of ketones is 1. The number of fused-ring (bicyclic) bond motifs is 3. The fourth-order valence-electron chi connectivity index (χ4n) is 4.34. The number of hydrogen-bond donors (Lipinski definition) is 0. The van der Waals surface area contributed by atoms with Crippen molar-refractivity contribution in [2.75, 3.05) is 5.75 Å². The van der Waals surface area contributed by atoms with Gasteiger partial charge in [0.1, 0.15) is 4.83 Å². The number of hydrogen-bond acceptors (Lipinski definition) is 5. The van der Waals surface area contributed by atoms with Crippen LogP contribution >= 0.6 is 34.7 Å². The molecule has 0 bridgehead atoms. The summed E-state index contributed by atoms with van der Waals surface area (Å²) in [4.78, 5) is 33.8. The average molecular weight is 495 g/mol. The molecule has 1 aliphatic rings. The molecule has 2 heterocycles. The van der Waals surface area contributed by atoms with Gasteiger partial charge in [-0.2, -0.15) is 0 Å². The van der Waals surface area contributed by atoms with E-state index >= 15 is 0 Å². The van der Waals surface area contributed by atoms with Crippen molar-refractivity contribution in [2.24, 2.45) is 0 Å². The van der Waals surface area contributed by atoms with Gasteiger partial charge < -0.3 is 0 Å². The minimum Gasteiger partial charge on any atom is -0.293 e. The van der Waals surface area contributed by atoms with Crippen molar-refractivity contribution in [1.82, 2.24) is 9.55 Å². The summed E-state index contributed by atoms with van der Waals surface area (Å²) >= 11 is 8.91. The van der Waals surface area contributed by atoms with Crippen molar-refractivity contribution in [1.29, 1.82) is 0 Å². The van der Waals surface area contributed by atoms with E-state index in [4.69, 9.17) is 16.6 Å². The first-order chi connectivity index (χ1) is 16.0. The number of nitrogens with zero attached hydrogens (tertiary/aromatic N) is 2. The molecule has 33 heavy (non-hydrogen) atoms. The SMILES string of the molecule is Cc1ccccc1-n1c(SCC(=O)c2ccc(Cl)cc2)nc2sc3c(c2c1=O)CCCCC3. The Bertz CT molecular complexity index is 1410. The zero-order chi connectivity index (χ0) is 22.9. The van der Waals surface area contributed by atoms with Crippen LogP contribution in [0.2, 0.25) is 5.02 Å². The van der Waals surface area contributed by atoms with Crippen LogP contribution in [0.25, 0.3) is 15.9 Å². The predicted octanol–water partition coefficient (Wildman–Crippen LogP) is 6.65. The van der Waals surface area contributed by atoms with Crippen LogP contribution in [0.4, 0.5) is 0 Å². The molecular formula is C26H23ClN2O2S2. The third-order valence-corrected chi connectivity index (χ3v) is 8.44. The molecule has 0 atom stereocenters. The smallest absolute Gasteiger partial charge is 0.267 e. The number of benzene rings is 2. The van der Waals surface area contributed by atoms with Gasteiger partial charge in [0.25, 0.3) is 5.56 Å². The van der Waals surface area contributed by atoms with Gasteiger partial charge in [0.15, 0.2) is 10.9 Å². The van der Waals surface area contributed by atoms with Gasteiger partial charge in [0.2, 0.25) is 0 Å². The van der Waals surface area contributed by atoms with Crippen LogP contribution in [0, 0.1) is 6.92 Å². The van der Waals surface area contributed by atoms with Crippen LogP contribution in [-0.4, -0.2) is 21.1 Å². The molecule has 0 amide bonds. The molecule has 0 saturated heterocycles. The summed E-state index contributed by atoms with van der Waals surface area (Å²) in [6.45, 7) is 1.99. The zero-order valence-electron chi connectivity index (χ0n) is 18.3. The third kappa shape index (κ3) is 4.39. The molecule has 5 rings (SSSR count). The van der Waals surface area contributed by atoms with Gasteiger partial charge in [-0.15, -0.1) is 11.3 Å². The Morgan fingerprint density at radius 3 is 2.64 bits per heavy atom. The number of Topliss-reactive ketones (excluding diaryl/α,β-unsaturated/α-hetero) is 1. The van der Waals surface area contributed by atoms with Crippen LogP contribution in [0.5, 0.6) is 0 Å². The molecule has 7 heteroatoms.